The molecule has 0 atom stereocenters. The Hall–Kier alpha value is -2.71. The normalized spacial score (nSPS) is 11.0. The van der Waals surface area contributed by atoms with Crippen LogP contribution in [0, 0.1) is 6.92 Å². The van der Waals surface area contributed by atoms with Crippen molar-refractivity contribution in [3.05, 3.63) is 82.6 Å². The standard InChI is InChI=1S/C19H16BrN3O3S/c1-13-2-5-15(20)12-18(13)22-19(24)14-3-6-17(7-4-14)27(25,26)23-16-8-10-21-11-9-16/h2-12H,1H3,(H,21,23)(H,22,24). The van der Waals surface area contributed by atoms with Crippen LogP contribution in [-0.2, 0) is 10.0 Å². The van der Waals surface area contributed by atoms with Crippen molar-refractivity contribution >= 4 is 43.2 Å². The fourth-order valence-corrected chi connectivity index (χ4v) is 3.76. The van der Waals surface area contributed by atoms with Gasteiger partial charge in [0.2, 0.25) is 0 Å². The molecular formula is C19H16BrN3O3S. The van der Waals surface area contributed by atoms with Crippen molar-refractivity contribution in [1.29, 1.82) is 0 Å². The molecule has 0 saturated carbocycles. The Morgan fingerprint density at radius 2 is 1.67 bits per heavy atom. The number of aromatic nitrogens is 1. The minimum Gasteiger partial charge on any atom is -0.322 e. The molecule has 0 unspecified atom stereocenters. The Bertz CT molecular complexity index is 1070. The second-order valence-electron chi connectivity index (χ2n) is 5.78. The van der Waals surface area contributed by atoms with E-state index >= 15 is 0 Å². The Morgan fingerprint density at radius 3 is 2.33 bits per heavy atom. The number of hydrogen-bond donors (Lipinski definition) is 2. The summed E-state index contributed by atoms with van der Waals surface area (Å²) >= 11 is 3.37. The van der Waals surface area contributed by atoms with E-state index in [0.29, 0.717) is 16.9 Å². The highest BCUT2D eigenvalue weighted by atomic mass is 79.9. The number of pyridine rings is 1. The number of nitrogens with one attached hydrogen (secondary N) is 2. The summed E-state index contributed by atoms with van der Waals surface area (Å²) < 4.78 is 28.2. The summed E-state index contributed by atoms with van der Waals surface area (Å²) in [6, 6.07) is 14.4. The molecule has 0 spiro atoms. The number of anilines is 2. The quantitative estimate of drug-likeness (QED) is 0.615. The third kappa shape index (κ3) is 4.72. The summed E-state index contributed by atoms with van der Waals surface area (Å²) in [6.07, 6.45) is 2.99. The van der Waals surface area contributed by atoms with Crippen molar-refractivity contribution in [2.45, 2.75) is 11.8 Å². The van der Waals surface area contributed by atoms with Crippen LogP contribution in [-0.4, -0.2) is 19.3 Å². The number of amides is 1. The van der Waals surface area contributed by atoms with Crippen LogP contribution in [0.25, 0.3) is 0 Å². The van der Waals surface area contributed by atoms with Crippen LogP contribution < -0.4 is 10.0 Å². The van der Waals surface area contributed by atoms with Crippen molar-refractivity contribution in [2.24, 2.45) is 0 Å². The van der Waals surface area contributed by atoms with Gasteiger partial charge in [-0.15, -0.1) is 0 Å². The van der Waals surface area contributed by atoms with E-state index in [0.717, 1.165) is 10.0 Å². The van der Waals surface area contributed by atoms with E-state index in [1.54, 1.807) is 12.1 Å². The second-order valence-corrected chi connectivity index (χ2v) is 8.38. The third-order valence-electron chi connectivity index (χ3n) is 3.81. The molecule has 3 rings (SSSR count). The zero-order chi connectivity index (χ0) is 19.4. The van der Waals surface area contributed by atoms with Gasteiger partial charge >= 0.3 is 0 Å². The van der Waals surface area contributed by atoms with E-state index in [9.17, 15) is 13.2 Å². The molecule has 1 heterocycles. The molecule has 2 N–H and O–H groups in total. The summed E-state index contributed by atoms with van der Waals surface area (Å²) in [6.45, 7) is 1.89. The summed E-state index contributed by atoms with van der Waals surface area (Å²) in [5.74, 6) is -0.317. The number of sulfonamides is 1. The molecule has 8 heteroatoms. The monoisotopic (exact) mass is 445 g/mol. The zero-order valence-corrected chi connectivity index (χ0v) is 16.7. The lowest BCUT2D eigenvalue weighted by atomic mass is 10.1. The maximum atomic E-state index is 12.4. The molecule has 2 aromatic carbocycles. The molecule has 0 saturated heterocycles. The fraction of sp³-hybridized carbons (Fsp3) is 0.0526. The smallest absolute Gasteiger partial charge is 0.261 e. The van der Waals surface area contributed by atoms with Crippen molar-refractivity contribution < 1.29 is 13.2 Å². The van der Waals surface area contributed by atoms with Gasteiger partial charge in [-0.05, 0) is 61.0 Å². The molecule has 0 radical (unpaired) electrons. The van der Waals surface area contributed by atoms with Crippen LogP contribution in [0.4, 0.5) is 11.4 Å². The molecular weight excluding hydrogens is 430 g/mol. The topological polar surface area (TPSA) is 88.2 Å². The van der Waals surface area contributed by atoms with Gasteiger partial charge in [0.25, 0.3) is 15.9 Å². The van der Waals surface area contributed by atoms with Gasteiger partial charge in [-0.25, -0.2) is 8.42 Å². The molecule has 27 heavy (non-hydrogen) atoms. The number of carbonyl (C=O) groups is 1. The molecule has 0 fully saturated rings. The van der Waals surface area contributed by atoms with Gasteiger partial charge in [-0.1, -0.05) is 22.0 Å². The first kappa shape index (κ1) is 19.1. The lowest BCUT2D eigenvalue weighted by Gasteiger charge is -2.10. The Morgan fingerprint density at radius 1 is 1.00 bits per heavy atom. The predicted molar refractivity (Wildman–Crippen MR) is 108 cm³/mol. The highest BCUT2D eigenvalue weighted by Crippen LogP contribution is 2.22. The highest BCUT2D eigenvalue weighted by molar-refractivity contribution is 9.10. The zero-order valence-electron chi connectivity index (χ0n) is 14.3. The Balaban J connectivity index is 1.76. The number of hydrogen-bond acceptors (Lipinski definition) is 4. The Labute approximate surface area is 165 Å². The average molecular weight is 446 g/mol. The van der Waals surface area contributed by atoms with Crippen LogP contribution in [0.15, 0.2) is 76.4 Å². The molecule has 0 aliphatic rings. The van der Waals surface area contributed by atoms with E-state index in [4.69, 9.17) is 0 Å². The van der Waals surface area contributed by atoms with Crippen LogP contribution in [0.1, 0.15) is 15.9 Å². The maximum Gasteiger partial charge on any atom is 0.261 e. The molecule has 0 bridgehead atoms. The van der Waals surface area contributed by atoms with E-state index in [1.807, 2.05) is 25.1 Å². The summed E-state index contributed by atoms with van der Waals surface area (Å²) in [5.41, 5.74) is 2.38. The molecule has 0 aliphatic heterocycles. The summed E-state index contributed by atoms with van der Waals surface area (Å²) in [7, 11) is -3.74. The highest BCUT2D eigenvalue weighted by Gasteiger charge is 2.15. The first-order valence-electron chi connectivity index (χ1n) is 7.95. The van der Waals surface area contributed by atoms with Gasteiger partial charge in [-0.2, -0.15) is 0 Å². The number of benzene rings is 2. The van der Waals surface area contributed by atoms with E-state index < -0.39 is 10.0 Å². The van der Waals surface area contributed by atoms with Crippen LogP contribution in [0.3, 0.4) is 0 Å². The van der Waals surface area contributed by atoms with Crippen LogP contribution in [0.2, 0.25) is 0 Å². The van der Waals surface area contributed by atoms with E-state index in [1.165, 1.54) is 36.7 Å². The summed E-state index contributed by atoms with van der Waals surface area (Å²) in [5, 5.41) is 2.82. The second kappa shape index (κ2) is 7.89. The maximum absolute atomic E-state index is 12.4. The van der Waals surface area contributed by atoms with E-state index in [2.05, 4.69) is 31.0 Å². The first-order valence-corrected chi connectivity index (χ1v) is 10.2. The first-order chi connectivity index (χ1) is 12.8. The van der Waals surface area contributed by atoms with Gasteiger partial charge in [0, 0.05) is 28.1 Å². The number of carbonyl (C=O) groups excluding carboxylic acids is 1. The van der Waals surface area contributed by atoms with Gasteiger partial charge < -0.3 is 5.32 Å². The van der Waals surface area contributed by atoms with Gasteiger partial charge in [0.05, 0.1) is 10.6 Å². The number of aryl methyl sites for hydroxylation is 1. The number of rotatable bonds is 5. The largest absolute Gasteiger partial charge is 0.322 e. The summed E-state index contributed by atoms with van der Waals surface area (Å²) in [4.78, 5) is 16.3. The van der Waals surface area contributed by atoms with Crippen LogP contribution >= 0.6 is 15.9 Å². The molecule has 1 amide bonds. The minimum atomic E-state index is -3.74. The average Bonchev–Trinajstić information content (AvgIpc) is 2.65. The van der Waals surface area contributed by atoms with Gasteiger partial charge in [0.1, 0.15) is 0 Å². The molecule has 0 aliphatic carbocycles. The molecule has 138 valence electrons. The van der Waals surface area contributed by atoms with E-state index in [-0.39, 0.29) is 10.8 Å². The molecule has 1 aromatic heterocycles. The molecule has 3 aromatic rings. The number of nitrogens with zero attached hydrogens (tertiary/aromatic N) is 1. The third-order valence-corrected chi connectivity index (χ3v) is 5.70. The SMILES string of the molecule is Cc1ccc(Br)cc1NC(=O)c1ccc(S(=O)(=O)Nc2ccncc2)cc1. The Kier molecular flexibility index (Phi) is 5.57. The predicted octanol–water partition coefficient (Wildman–Crippen LogP) is 4.21. The number of halogens is 1. The lowest BCUT2D eigenvalue weighted by Crippen LogP contribution is -2.15. The minimum absolute atomic E-state index is 0.0644. The van der Waals surface area contributed by atoms with Crippen molar-refractivity contribution in [3.63, 3.8) is 0 Å². The van der Waals surface area contributed by atoms with Crippen LogP contribution in [0.5, 0.6) is 0 Å². The van der Waals surface area contributed by atoms with Crippen molar-refractivity contribution in [2.75, 3.05) is 10.0 Å². The molecule has 6 nitrogen and oxygen atoms in total. The fourth-order valence-electron chi connectivity index (χ4n) is 2.34. The van der Waals surface area contributed by atoms with Crippen molar-refractivity contribution in [3.8, 4) is 0 Å². The lowest BCUT2D eigenvalue weighted by molar-refractivity contribution is 0.102. The van der Waals surface area contributed by atoms with Crippen molar-refractivity contribution in [1.82, 2.24) is 4.98 Å². The van der Waals surface area contributed by atoms with Gasteiger partial charge in [0.15, 0.2) is 0 Å². The van der Waals surface area contributed by atoms with Gasteiger partial charge in [-0.3, -0.25) is 14.5 Å².